The van der Waals surface area contributed by atoms with Crippen molar-refractivity contribution < 1.29 is 31.9 Å². The van der Waals surface area contributed by atoms with Crippen molar-refractivity contribution in [2.75, 3.05) is 19.8 Å². The molecule has 2 aromatic rings. The number of carbonyl (C=O) groups is 2. The van der Waals surface area contributed by atoms with Gasteiger partial charge in [-0.15, -0.1) is 0 Å². The fourth-order valence-electron chi connectivity index (χ4n) is 4.48. The van der Waals surface area contributed by atoms with E-state index in [4.69, 9.17) is 16.3 Å². The number of hydrogen-bond acceptors (Lipinski definition) is 4. The number of amides is 2. The highest BCUT2D eigenvalue weighted by Gasteiger charge is 2.42. The Balaban J connectivity index is 1.60. The second-order valence-electron chi connectivity index (χ2n) is 8.82. The van der Waals surface area contributed by atoms with Gasteiger partial charge < -0.3 is 15.0 Å². The minimum atomic E-state index is -2.84. The van der Waals surface area contributed by atoms with E-state index in [0.29, 0.717) is 12.8 Å². The van der Waals surface area contributed by atoms with E-state index in [1.54, 1.807) is 0 Å². The number of nitrogens with zero attached hydrogens (tertiary/aromatic N) is 2. The molecule has 6 nitrogen and oxygen atoms in total. The molecule has 3 atom stereocenters. The van der Waals surface area contributed by atoms with E-state index in [-0.39, 0.29) is 47.7 Å². The molecule has 11 heteroatoms. The van der Waals surface area contributed by atoms with Gasteiger partial charge in [-0.05, 0) is 36.6 Å². The largest absolute Gasteiger partial charge is 0.381 e. The van der Waals surface area contributed by atoms with Gasteiger partial charge in [-0.25, -0.2) is 17.6 Å². The number of nitrogens with one attached hydrogen (secondary N) is 1. The summed E-state index contributed by atoms with van der Waals surface area (Å²) < 4.78 is 60.2. The first kappa shape index (κ1) is 25.4. The molecule has 35 heavy (non-hydrogen) atoms. The minimum absolute atomic E-state index is 0.000359. The molecular formula is C24H24ClF4N3O3. The normalized spacial score (nSPS) is 21.2. The van der Waals surface area contributed by atoms with E-state index in [1.807, 2.05) is 6.92 Å². The number of likely N-dealkylation sites (tertiary alicyclic amines) is 1. The molecule has 188 valence electrons. The van der Waals surface area contributed by atoms with Gasteiger partial charge in [0.15, 0.2) is 0 Å². The number of pyridine rings is 1. The summed E-state index contributed by atoms with van der Waals surface area (Å²) in [5.74, 6) is -2.98. The Morgan fingerprint density at radius 2 is 1.97 bits per heavy atom. The molecule has 0 aliphatic carbocycles. The van der Waals surface area contributed by atoms with Crippen molar-refractivity contribution in [3.05, 3.63) is 63.9 Å². The van der Waals surface area contributed by atoms with Crippen molar-refractivity contribution in [1.29, 1.82) is 0 Å². The molecule has 2 aliphatic heterocycles. The lowest BCUT2D eigenvalue weighted by atomic mass is 9.90. The fourth-order valence-corrected chi connectivity index (χ4v) is 4.63. The molecule has 0 saturated carbocycles. The van der Waals surface area contributed by atoms with Gasteiger partial charge in [0.25, 0.3) is 12.3 Å². The van der Waals surface area contributed by atoms with Crippen LogP contribution in [0.25, 0.3) is 0 Å². The van der Waals surface area contributed by atoms with Crippen LogP contribution in [0.5, 0.6) is 0 Å². The van der Waals surface area contributed by atoms with E-state index in [2.05, 4.69) is 10.3 Å². The second kappa shape index (κ2) is 10.5. The van der Waals surface area contributed by atoms with Crippen molar-refractivity contribution in [3.8, 4) is 0 Å². The highest BCUT2D eigenvalue weighted by Crippen LogP contribution is 2.34. The number of halogens is 5. The molecule has 3 heterocycles. The van der Waals surface area contributed by atoms with Crippen LogP contribution in [-0.4, -0.2) is 47.5 Å². The van der Waals surface area contributed by atoms with E-state index in [0.717, 1.165) is 24.4 Å². The van der Waals surface area contributed by atoms with Crippen LogP contribution < -0.4 is 5.32 Å². The van der Waals surface area contributed by atoms with Gasteiger partial charge in [0.05, 0.1) is 24.3 Å². The lowest BCUT2D eigenvalue weighted by molar-refractivity contribution is -0.128. The van der Waals surface area contributed by atoms with Crippen LogP contribution in [0.2, 0.25) is 5.02 Å². The average molecular weight is 514 g/mol. The first-order chi connectivity index (χ1) is 16.7. The Kier molecular flexibility index (Phi) is 7.61. The molecule has 1 aromatic heterocycles. The van der Waals surface area contributed by atoms with Crippen molar-refractivity contribution in [3.63, 3.8) is 0 Å². The number of carbonyl (C=O) groups excluding carboxylic acids is 2. The Labute approximate surface area is 204 Å². The first-order valence-electron chi connectivity index (χ1n) is 11.3. The molecule has 1 aromatic carbocycles. The molecule has 0 bridgehead atoms. The van der Waals surface area contributed by atoms with Gasteiger partial charge in [0.2, 0.25) is 5.91 Å². The number of ether oxygens (including phenoxy) is 1. The molecule has 0 spiro atoms. The second-order valence-corrected chi connectivity index (χ2v) is 9.23. The molecule has 4 rings (SSSR count). The van der Waals surface area contributed by atoms with Gasteiger partial charge in [-0.2, -0.15) is 0 Å². The van der Waals surface area contributed by atoms with Crippen molar-refractivity contribution in [2.24, 2.45) is 11.8 Å². The number of aromatic nitrogens is 1. The van der Waals surface area contributed by atoms with E-state index in [9.17, 15) is 27.2 Å². The summed E-state index contributed by atoms with van der Waals surface area (Å²) >= 11 is 5.68. The van der Waals surface area contributed by atoms with Gasteiger partial charge in [0.1, 0.15) is 23.4 Å². The van der Waals surface area contributed by atoms with Gasteiger partial charge in [0, 0.05) is 29.8 Å². The highest BCUT2D eigenvalue weighted by molar-refractivity contribution is 6.30. The predicted molar refractivity (Wildman–Crippen MR) is 119 cm³/mol. The monoisotopic (exact) mass is 513 g/mol. The summed E-state index contributed by atoms with van der Waals surface area (Å²) in [6, 6.07) is 2.35. The molecule has 2 aliphatic rings. The predicted octanol–water partition coefficient (Wildman–Crippen LogP) is 4.70. The SMILES string of the molecule is CC[C@@H]1C[C@H](C(=O)NC(c2cc(F)c(Cl)cc2F)C2COC2)N(C(=O)c2ccnc(C(F)F)c2)C1. The zero-order valence-electron chi connectivity index (χ0n) is 18.8. The summed E-state index contributed by atoms with van der Waals surface area (Å²) in [6.45, 7) is 2.68. The van der Waals surface area contributed by atoms with Crippen LogP contribution in [0.15, 0.2) is 30.5 Å². The van der Waals surface area contributed by atoms with Gasteiger partial charge in [-0.3, -0.25) is 14.6 Å². The molecule has 1 unspecified atom stereocenters. The Hall–Kier alpha value is -2.72. The number of rotatable bonds is 7. The van der Waals surface area contributed by atoms with Crippen molar-refractivity contribution in [1.82, 2.24) is 15.2 Å². The Morgan fingerprint density at radius 3 is 2.60 bits per heavy atom. The first-order valence-corrected chi connectivity index (χ1v) is 11.6. The van der Waals surface area contributed by atoms with Crippen molar-refractivity contribution >= 4 is 23.4 Å². The lowest BCUT2D eigenvalue weighted by Gasteiger charge is -2.36. The maximum atomic E-state index is 14.7. The van der Waals surface area contributed by atoms with E-state index in [1.165, 1.54) is 11.0 Å². The van der Waals surface area contributed by atoms with Crippen LogP contribution in [0.1, 0.15) is 53.8 Å². The smallest absolute Gasteiger partial charge is 0.280 e. The summed E-state index contributed by atoms with van der Waals surface area (Å²) in [6.07, 6.45) is -0.666. The summed E-state index contributed by atoms with van der Waals surface area (Å²) in [5, 5.41) is 2.41. The van der Waals surface area contributed by atoms with Crippen LogP contribution >= 0.6 is 11.6 Å². The summed E-state index contributed by atoms with van der Waals surface area (Å²) in [4.78, 5) is 31.5. The maximum Gasteiger partial charge on any atom is 0.280 e. The molecular weight excluding hydrogens is 490 g/mol. The number of alkyl halides is 2. The standard InChI is InChI=1S/C24H24ClF4N3O3/c1-2-12-5-20(32(9-12)24(34)13-3-4-30-19(6-13)22(28)29)23(33)31-21(14-10-35-11-14)15-7-18(27)16(25)8-17(15)26/h3-4,6-8,12,14,20-22H,2,5,9-11H2,1H3,(H,31,33)/t12-,20-,21?/m1/s1. The van der Waals surface area contributed by atoms with Crippen LogP contribution in [-0.2, 0) is 9.53 Å². The minimum Gasteiger partial charge on any atom is -0.381 e. The third-order valence-electron chi connectivity index (χ3n) is 6.59. The molecule has 0 radical (unpaired) electrons. The van der Waals surface area contributed by atoms with Crippen molar-refractivity contribution in [2.45, 2.75) is 38.3 Å². The third kappa shape index (κ3) is 5.28. The quantitative estimate of drug-likeness (QED) is 0.430. The van der Waals surface area contributed by atoms with Gasteiger partial charge in [-0.1, -0.05) is 24.9 Å². The molecule has 2 saturated heterocycles. The van der Waals surface area contributed by atoms with Gasteiger partial charge >= 0.3 is 0 Å². The Bertz CT molecular complexity index is 1120. The van der Waals surface area contributed by atoms with E-state index < -0.39 is 47.7 Å². The fraction of sp³-hybridized carbons (Fsp3) is 0.458. The van der Waals surface area contributed by atoms with Crippen LogP contribution in [0.4, 0.5) is 17.6 Å². The summed E-state index contributed by atoms with van der Waals surface area (Å²) in [7, 11) is 0. The Morgan fingerprint density at radius 1 is 1.23 bits per heavy atom. The molecule has 2 fully saturated rings. The number of benzene rings is 1. The van der Waals surface area contributed by atoms with Crippen LogP contribution in [0.3, 0.4) is 0 Å². The average Bonchev–Trinajstić information content (AvgIpc) is 3.24. The van der Waals surface area contributed by atoms with E-state index >= 15 is 0 Å². The molecule has 2 amide bonds. The summed E-state index contributed by atoms with van der Waals surface area (Å²) in [5.41, 5.74) is -0.597. The number of hydrogen-bond donors (Lipinski definition) is 1. The maximum absolute atomic E-state index is 14.7. The zero-order valence-corrected chi connectivity index (χ0v) is 19.6. The molecule has 1 N–H and O–H groups in total. The highest BCUT2D eigenvalue weighted by atomic mass is 35.5. The van der Waals surface area contributed by atoms with Crippen LogP contribution in [0, 0.1) is 23.5 Å². The lowest BCUT2D eigenvalue weighted by Crippen LogP contribution is -2.50. The topological polar surface area (TPSA) is 71.5 Å². The third-order valence-corrected chi connectivity index (χ3v) is 6.88. The zero-order chi connectivity index (χ0) is 25.3.